The maximum Gasteiger partial charge on any atom is 0.255 e. The lowest BCUT2D eigenvalue weighted by Gasteiger charge is -2.07. The van der Waals surface area contributed by atoms with Crippen LogP contribution in [0, 0.1) is 0 Å². The van der Waals surface area contributed by atoms with Gasteiger partial charge in [-0.05, 0) is 51.3 Å². The fourth-order valence-electron chi connectivity index (χ4n) is 2.12. The van der Waals surface area contributed by atoms with Crippen LogP contribution >= 0.6 is 15.9 Å². The highest BCUT2D eigenvalue weighted by molar-refractivity contribution is 9.10. The van der Waals surface area contributed by atoms with Crippen LogP contribution in [-0.4, -0.2) is 10.9 Å². The van der Waals surface area contributed by atoms with Gasteiger partial charge in [-0.25, -0.2) is 4.98 Å². The first-order valence-electron chi connectivity index (χ1n) is 6.81. The summed E-state index contributed by atoms with van der Waals surface area (Å²) < 4.78 is 0.733. The van der Waals surface area contributed by atoms with Crippen molar-refractivity contribution >= 4 is 27.5 Å². The smallest absolute Gasteiger partial charge is 0.255 e. The highest BCUT2D eigenvalue weighted by atomic mass is 79.9. The minimum Gasteiger partial charge on any atom is -0.321 e. The molecule has 0 radical (unpaired) electrons. The number of nitrogens with one attached hydrogen (secondary N) is 1. The summed E-state index contributed by atoms with van der Waals surface area (Å²) >= 11 is 3.27. The number of hydrogen-bond donors (Lipinski definition) is 1. The third kappa shape index (κ3) is 3.40. The van der Waals surface area contributed by atoms with Crippen molar-refractivity contribution in [3.8, 4) is 11.1 Å². The van der Waals surface area contributed by atoms with Crippen molar-refractivity contribution in [2.75, 3.05) is 5.32 Å². The van der Waals surface area contributed by atoms with Crippen molar-refractivity contribution in [1.82, 2.24) is 4.98 Å². The second-order valence-corrected chi connectivity index (χ2v) is 5.58. The molecule has 1 amide bonds. The number of pyridine rings is 1. The number of halogens is 1. The van der Waals surface area contributed by atoms with Crippen LogP contribution in [-0.2, 0) is 0 Å². The van der Waals surface area contributed by atoms with Crippen molar-refractivity contribution in [2.45, 2.75) is 0 Å². The molecule has 0 atom stereocenters. The zero-order chi connectivity index (χ0) is 15.4. The molecule has 0 fully saturated rings. The summed E-state index contributed by atoms with van der Waals surface area (Å²) in [5, 5.41) is 2.84. The normalized spacial score (nSPS) is 10.2. The number of benzene rings is 2. The van der Waals surface area contributed by atoms with Gasteiger partial charge < -0.3 is 5.32 Å². The number of hydrogen-bond acceptors (Lipinski definition) is 2. The lowest BCUT2D eigenvalue weighted by molar-refractivity contribution is 0.102. The highest BCUT2D eigenvalue weighted by Crippen LogP contribution is 2.20. The maximum atomic E-state index is 12.3. The molecule has 108 valence electrons. The molecule has 22 heavy (non-hydrogen) atoms. The standard InChI is InChI=1S/C18H13BrN2O/c19-17-10-9-16(12-20-17)21-18(22)15-8-4-7-14(11-15)13-5-2-1-3-6-13/h1-12H,(H,21,22). The van der Waals surface area contributed by atoms with Crippen LogP contribution in [0.4, 0.5) is 5.69 Å². The van der Waals surface area contributed by atoms with Gasteiger partial charge >= 0.3 is 0 Å². The summed E-state index contributed by atoms with van der Waals surface area (Å²) in [5.41, 5.74) is 3.38. The number of nitrogens with zero attached hydrogens (tertiary/aromatic N) is 1. The van der Waals surface area contributed by atoms with Gasteiger partial charge in [0.25, 0.3) is 5.91 Å². The van der Waals surface area contributed by atoms with E-state index in [1.54, 1.807) is 24.4 Å². The van der Waals surface area contributed by atoms with Crippen molar-refractivity contribution in [2.24, 2.45) is 0 Å². The molecule has 3 rings (SSSR count). The van der Waals surface area contributed by atoms with Gasteiger partial charge in [0.15, 0.2) is 0 Å². The van der Waals surface area contributed by atoms with Crippen LogP contribution in [0.15, 0.2) is 77.5 Å². The Morgan fingerprint density at radius 3 is 2.41 bits per heavy atom. The fourth-order valence-corrected chi connectivity index (χ4v) is 2.36. The molecule has 0 spiro atoms. The first kappa shape index (κ1) is 14.5. The number of rotatable bonds is 3. The molecule has 0 bridgehead atoms. The Labute approximate surface area is 137 Å². The van der Waals surface area contributed by atoms with Crippen molar-refractivity contribution < 1.29 is 4.79 Å². The summed E-state index contributed by atoms with van der Waals surface area (Å²) in [7, 11) is 0. The predicted octanol–water partition coefficient (Wildman–Crippen LogP) is 4.76. The van der Waals surface area contributed by atoms with E-state index in [1.807, 2.05) is 48.5 Å². The van der Waals surface area contributed by atoms with E-state index in [9.17, 15) is 4.79 Å². The number of aromatic nitrogens is 1. The Hall–Kier alpha value is -2.46. The molecule has 3 nitrogen and oxygen atoms in total. The number of carbonyl (C=O) groups is 1. The van der Waals surface area contributed by atoms with Gasteiger partial charge in [0.2, 0.25) is 0 Å². The van der Waals surface area contributed by atoms with Crippen molar-refractivity contribution in [1.29, 1.82) is 0 Å². The summed E-state index contributed by atoms with van der Waals surface area (Å²) in [5.74, 6) is -0.151. The Morgan fingerprint density at radius 2 is 1.68 bits per heavy atom. The summed E-state index contributed by atoms with van der Waals surface area (Å²) in [6, 6.07) is 21.1. The zero-order valence-electron chi connectivity index (χ0n) is 11.7. The largest absolute Gasteiger partial charge is 0.321 e. The van der Waals surface area contributed by atoms with E-state index >= 15 is 0 Å². The quantitative estimate of drug-likeness (QED) is 0.690. The number of carbonyl (C=O) groups excluding carboxylic acids is 1. The minimum atomic E-state index is -0.151. The van der Waals surface area contributed by atoms with Gasteiger partial charge in [0.05, 0.1) is 11.9 Å². The molecular weight excluding hydrogens is 340 g/mol. The van der Waals surface area contributed by atoms with E-state index in [-0.39, 0.29) is 5.91 Å². The molecular formula is C18H13BrN2O. The SMILES string of the molecule is O=C(Nc1ccc(Br)nc1)c1cccc(-c2ccccc2)c1. The van der Waals surface area contributed by atoms with Crippen LogP contribution in [0.3, 0.4) is 0 Å². The maximum absolute atomic E-state index is 12.3. The average Bonchev–Trinajstić information content (AvgIpc) is 2.58. The Balaban J connectivity index is 1.82. The van der Waals surface area contributed by atoms with E-state index in [0.717, 1.165) is 15.7 Å². The second kappa shape index (κ2) is 6.54. The van der Waals surface area contributed by atoms with Crippen molar-refractivity contribution in [3.05, 3.63) is 83.1 Å². The van der Waals surface area contributed by atoms with Crippen LogP contribution in [0.5, 0.6) is 0 Å². The topological polar surface area (TPSA) is 42.0 Å². The first-order valence-corrected chi connectivity index (χ1v) is 7.60. The molecule has 1 N–H and O–H groups in total. The van der Waals surface area contributed by atoms with E-state index < -0.39 is 0 Å². The second-order valence-electron chi connectivity index (χ2n) is 4.77. The van der Waals surface area contributed by atoms with Gasteiger partial charge in [0.1, 0.15) is 4.60 Å². The van der Waals surface area contributed by atoms with Crippen LogP contribution in [0.1, 0.15) is 10.4 Å². The molecule has 0 aliphatic heterocycles. The number of anilines is 1. The minimum absolute atomic E-state index is 0.151. The van der Waals surface area contributed by atoms with Crippen molar-refractivity contribution in [3.63, 3.8) is 0 Å². The lowest BCUT2D eigenvalue weighted by atomic mass is 10.0. The molecule has 0 saturated heterocycles. The van der Waals surface area contributed by atoms with Gasteiger partial charge in [-0.2, -0.15) is 0 Å². The zero-order valence-corrected chi connectivity index (χ0v) is 13.2. The summed E-state index contributed by atoms with van der Waals surface area (Å²) in [6.07, 6.45) is 1.61. The third-order valence-electron chi connectivity index (χ3n) is 3.22. The van der Waals surface area contributed by atoms with E-state index in [0.29, 0.717) is 11.3 Å². The first-order chi connectivity index (χ1) is 10.7. The molecule has 1 heterocycles. The molecule has 0 saturated carbocycles. The predicted molar refractivity (Wildman–Crippen MR) is 91.8 cm³/mol. The van der Waals surface area contributed by atoms with Gasteiger partial charge in [-0.3, -0.25) is 4.79 Å². The van der Waals surface area contributed by atoms with Crippen LogP contribution in [0.25, 0.3) is 11.1 Å². The number of amides is 1. The van der Waals surface area contributed by atoms with Crippen LogP contribution in [0.2, 0.25) is 0 Å². The Bertz CT molecular complexity index is 786. The molecule has 0 aliphatic rings. The molecule has 1 aromatic heterocycles. The van der Waals surface area contributed by atoms with Gasteiger partial charge in [-0.15, -0.1) is 0 Å². The highest BCUT2D eigenvalue weighted by Gasteiger charge is 2.07. The fraction of sp³-hybridized carbons (Fsp3) is 0. The lowest BCUT2D eigenvalue weighted by Crippen LogP contribution is -2.12. The molecule has 4 heteroatoms. The van der Waals surface area contributed by atoms with E-state index in [4.69, 9.17) is 0 Å². The van der Waals surface area contributed by atoms with E-state index in [1.165, 1.54) is 0 Å². The summed E-state index contributed by atoms with van der Waals surface area (Å²) in [4.78, 5) is 16.4. The molecule has 0 aliphatic carbocycles. The Morgan fingerprint density at radius 1 is 0.909 bits per heavy atom. The van der Waals surface area contributed by atoms with Gasteiger partial charge in [0, 0.05) is 5.56 Å². The molecule has 0 unspecified atom stereocenters. The average molecular weight is 353 g/mol. The van der Waals surface area contributed by atoms with Gasteiger partial charge in [-0.1, -0.05) is 42.5 Å². The van der Waals surface area contributed by atoms with Crippen LogP contribution < -0.4 is 5.32 Å². The third-order valence-corrected chi connectivity index (χ3v) is 3.69. The summed E-state index contributed by atoms with van der Waals surface area (Å²) in [6.45, 7) is 0. The Kier molecular flexibility index (Phi) is 4.30. The molecule has 3 aromatic rings. The van der Waals surface area contributed by atoms with E-state index in [2.05, 4.69) is 26.2 Å². The molecule has 2 aromatic carbocycles. The monoisotopic (exact) mass is 352 g/mol.